The average molecular weight is 269 g/mol. The fourth-order valence-electron chi connectivity index (χ4n) is 2.53. The Morgan fingerprint density at radius 1 is 1.65 bits per heavy atom. The summed E-state index contributed by atoms with van der Waals surface area (Å²) in [7, 11) is 0. The molecule has 1 aliphatic heterocycles. The lowest BCUT2D eigenvalue weighted by atomic mass is 9.99. The molecule has 2 N–H and O–H groups in total. The summed E-state index contributed by atoms with van der Waals surface area (Å²) >= 11 is 0. The molecule has 0 fully saturated rings. The van der Waals surface area contributed by atoms with E-state index < -0.39 is 0 Å². The van der Waals surface area contributed by atoms with E-state index in [4.69, 9.17) is 5.26 Å². The molecule has 0 bridgehead atoms. The Morgan fingerprint density at radius 2 is 2.55 bits per heavy atom. The van der Waals surface area contributed by atoms with Gasteiger partial charge in [-0.25, -0.2) is 4.98 Å². The predicted octanol–water partition coefficient (Wildman–Crippen LogP) is 1.08. The minimum atomic E-state index is -0.140. The van der Waals surface area contributed by atoms with Crippen molar-refractivity contribution in [2.24, 2.45) is 5.92 Å². The zero-order chi connectivity index (χ0) is 13.9. The van der Waals surface area contributed by atoms with Crippen LogP contribution in [0.3, 0.4) is 0 Å². The second-order valence-electron chi connectivity index (χ2n) is 5.02. The summed E-state index contributed by atoms with van der Waals surface area (Å²) in [5, 5.41) is 11.6. The van der Waals surface area contributed by atoms with E-state index in [1.807, 2.05) is 18.5 Å². The van der Waals surface area contributed by atoms with Gasteiger partial charge in [-0.3, -0.25) is 4.79 Å². The van der Waals surface area contributed by atoms with Gasteiger partial charge in [0.1, 0.15) is 17.6 Å². The molecule has 1 aliphatic rings. The normalized spacial score (nSPS) is 17.2. The van der Waals surface area contributed by atoms with Gasteiger partial charge in [-0.1, -0.05) is 0 Å². The van der Waals surface area contributed by atoms with Crippen molar-refractivity contribution in [3.8, 4) is 6.07 Å². The zero-order valence-corrected chi connectivity index (χ0v) is 11.0. The number of nitrogens with zero attached hydrogens (tertiary/aromatic N) is 3. The number of rotatable bonds is 3. The Morgan fingerprint density at radius 3 is 3.35 bits per heavy atom. The van der Waals surface area contributed by atoms with Crippen LogP contribution in [-0.4, -0.2) is 27.0 Å². The number of H-pyrrole nitrogens is 1. The van der Waals surface area contributed by atoms with Crippen molar-refractivity contribution in [2.45, 2.75) is 19.4 Å². The van der Waals surface area contributed by atoms with Crippen LogP contribution in [0, 0.1) is 17.2 Å². The van der Waals surface area contributed by atoms with E-state index in [1.54, 1.807) is 12.3 Å². The van der Waals surface area contributed by atoms with Gasteiger partial charge in [-0.2, -0.15) is 5.26 Å². The quantitative estimate of drug-likeness (QED) is 0.874. The second kappa shape index (κ2) is 5.21. The smallest absolute Gasteiger partial charge is 0.252 e. The summed E-state index contributed by atoms with van der Waals surface area (Å²) in [4.78, 5) is 19.0. The van der Waals surface area contributed by atoms with Crippen LogP contribution in [0.4, 0.5) is 0 Å². The monoisotopic (exact) mass is 269 g/mol. The third kappa shape index (κ3) is 2.43. The minimum absolute atomic E-state index is 0.140. The molecular weight excluding hydrogens is 254 g/mol. The standard InChI is InChI=1S/C14H15N5O/c15-6-12-5-11(8-17-12)14(20)18-7-10-1-2-13-16-3-4-19(13)9-10/h3-5,8,10,17H,1-2,7,9H2,(H,18,20)/t10-/m0/s1. The minimum Gasteiger partial charge on any atom is -0.352 e. The maximum Gasteiger partial charge on any atom is 0.252 e. The van der Waals surface area contributed by atoms with Gasteiger partial charge >= 0.3 is 0 Å². The van der Waals surface area contributed by atoms with Crippen molar-refractivity contribution in [1.29, 1.82) is 5.26 Å². The highest BCUT2D eigenvalue weighted by molar-refractivity contribution is 5.94. The van der Waals surface area contributed by atoms with Crippen molar-refractivity contribution in [3.05, 3.63) is 41.7 Å². The third-order valence-electron chi connectivity index (χ3n) is 3.65. The maximum absolute atomic E-state index is 12.0. The van der Waals surface area contributed by atoms with Gasteiger partial charge in [-0.15, -0.1) is 0 Å². The van der Waals surface area contributed by atoms with Crippen LogP contribution in [0.2, 0.25) is 0 Å². The molecule has 102 valence electrons. The molecule has 0 aromatic carbocycles. The lowest BCUT2D eigenvalue weighted by Gasteiger charge is -2.23. The van der Waals surface area contributed by atoms with Crippen LogP contribution in [0.1, 0.15) is 28.3 Å². The zero-order valence-electron chi connectivity index (χ0n) is 11.0. The first-order valence-corrected chi connectivity index (χ1v) is 6.63. The van der Waals surface area contributed by atoms with Crippen molar-refractivity contribution in [3.63, 3.8) is 0 Å². The number of nitriles is 1. The summed E-state index contributed by atoms with van der Waals surface area (Å²) in [6.07, 6.45) is 7.35. The molecule has 3 rings (SSSR count). The molecule has 2 aromatic rings. The highest BCUT2D eigenvalue weighted by atomic mass is 16.1. The molecule has 0 radical (unpaired) electrons. The number of aromatic amines is 1. The molecule has 6 heteroatoms. The number of carbonyl (C=O) groups is 1. The fraction of sp³-hybridized carbons (Fsp3) is 0.357. The van der Waals surface area contributed by atoms with Crippen molar-refractivity contribution >= 4 is 5.91 Å². The van der Waals surface area contributed by atoms with E-state index in [2.05, 4.69) is 19.9 Å². The topological polar surface area (TPSA) is 86.5 Å². The van der Waals surface area contributed by atoms with Crippen LogP contribution in [-0.2, 0) is 13.0 Å². The average Bonchev–Trinajstić information content (AvgIpc) is 3.12. The van der Waals surface area contributed by atoms with Gasteiger partial charge in [0.15, 0.2) is 0 Å². The van der Waals surface area contributed by atoms with Crippen LogP contribution < -0.4 is 5.32 Å². The largest absolute Gasteiger partial charge is 0.352 e. The summed E-state index contributed by atoms with van der Waals surface area (Å²) in [6, 6.07) is 3.53. The molecule has 3 heterocycles. The SMILES string of the molecule is N#Cc1cc(C(=O)NC[C@@H]2CCc3nccn3C2)c[nH]1. The maximum atomic E-state index is 12.0. The van der Waals surface area contributed by atoms with Gasteiger partial charge in [0, 0.05) is 38.1 Å². The molecule has 1 atom stereocenters. The number of fused-ring (bicyclic) bond motifs is 1. The Hall–Kier alpha value is -2.55. The lowest BCUT2D eigenvalue weighted by molar-refractivity contribution is 0.0944. The molecule has 0 aliphatic carbocycles. The predicted molar refractivity (Wildman–Crippen MR) is 71.9 cm³/mol. The number of amides is 1. The molecule has 2 aromatic heterocycles. The van der Waals surface area contributed by atoms with E-state index in [1.165, 1.54) is 0 Å². The molecule has 0 unspecified atom stereocenters. The highest BCUT2D eigenvalue weighted by Crippen LogP contribution is 2.18. The van der Waals surface area contributed by atoms with Crippen LogP contribution in [0.25, 0.3) is 0 Å². The molecular formula is C14H15N5O. The van der Waals surface area contributed by atoms with E-state index in [0.717, 1.165) is 25.2 Å². The Labute approximate surface area is 116 Å². The van der Waals surface area contributed by atoms with Crippen molar-refractivity contribution in [1.82, 2.24) is 19.9 Å². The number of hydrogen-bond donors (Lipinski definition) is 2. The van der Waals surface area contributed by atoms with Gasteiger partial charge in [0.05, 0.1) is 5.56 Å². The number of aryl methyl sites for hydroxylation is 1. The van der Waals surface area contributed by atoms with Crippen LogP contribution in [0.5, 0.6) is 0 Å². The molecule has 6 nitrogen and oxygen atoms in total. The van der Waals surface area contributed by atoms with E-state index in [0.29, 0.717) is 23.7 Å². The van der Waals surface area contributed by atoms with Gasteiger partial charge in [-0.05, 0) is 18.4 Å². The van der Waals surface area contributed by atoms with Crippen molar-refractivity contribution < 1.29 is 4.79 Å². The van der Waals surface area contributed by atoms with Gasteiger partial charge in [0.25, 0.3) is 5.91 Å². The number of hydrogen-bond acceptors (Lipinski definition) is 3. The molecule has 20 heavy (non-hydrogen) atoms. The number of nitrogens with one attached hydrogen (secondary N) is 2. The number of aromatic nitrogens is 3. The van der Waals surface area contributed by atoms with Crippen LogP contribution >= 0.6 is 0 Å². The lowest BCUT2D eigenvalue weighted by Crippen LogP contribution is -2.33. The summed E-state index contributed by atoms with van der Waals surface area (Å²) in [5.41, 5.74) is 0.900. The van der Waals surface area contributed by atoms with Crippen LogP contribution in [0.15, 0.2) is 24.7 Å². The first kappa shape index (κ1) is 12.5. The molecule has 0 saturated heterocycles. The third-order valence-corrected chi connectivity index (χ3v) is 3.65. The molecule has 0 spiro atoms. The first-order chi connectivity index (χ1) is 9.76. The molecule has 0 saturated carbocycles. The Kier molecular flexibility index (Phi) is 3.25. The van der Waals surface area contributed by atoms with E-state index >= 15 is 0 Å². The Balaban J connectivity index is 1.55. The van der Waals surface area contributed by atoms with E-state index in [9.17, 15) is 4.79 Å². The Bertz CT molecular complexity index is 663. The second-order valence-corrected chi connectivity index (χ2v) is 5.02. The van der Waals surface area contributed by atoms with Crippen molar-refractivity contribution in [2.75, 3.05) is 6.54 Å². The fourth-order valence-corrected chi connectivity index (χ4v) is 2.53. The summed E-state index contributed by atoms with van der Waals surface area (Å²) in [6.45, 7) is 1.54. The summed E-state index contributed by atoms with van der Waals surface area (Å²) < 4.78 is 2.14. The highest BCUT2D eigenvalue weighted by Gasteiger charge is 2.19. The first-order valence-electron chi connectivity index (χ1n) is 6.63. The van der Waals surface area contributed by atoms with Gasteiger partial charge in [0.2, 0.25) is 0 Å². The van der Waals surface area contributed by atoms with Gasteiger partial charge < -0.3 is 14.9 Å². The van der Waals surface area contributed by atoms with E-state index in [-0.39, 0.29) is 5.91 Å². The number of imidazole rings is 1. The molecule has 1 amide bonds. The number of carbonyl (C=O) groups excluding carboxylic acids is 1. The summed E-state index contributed by atoms with van der Waals surface area (Å²) in [5.74, 6) is 1.41.